The Balaban J connectivity index is 2.12. The van der Waals surface area contributed by atoms with Gasteiger partial charge in [0.05, 0.1) is 7.05 Å². The topological polar surface area (TPSA) is 8.81 Å². The normalized spacial score (nSPS) is 11.7. The predicted octanol–water partition coefficient (Wildman–Crippen LogP) is 4.57. The second-order valence-electron chi connectivity index (χ2n) is 7.21. The van der Waals surface area contributed by atoms with Crippen molar-refractivity contribution < 1.29 is 4.57 Å². The van der Waals surface area contributed by atoms with Crippen molar-refractivity contribution in [3.05, 3.63) is 72.2 Å². The molecule has 0 spiro atoms. The summed E-state index contributed by atoms with van der Waals surface area (Å²) in [6.07, 6.45) is 4.35. The number of nitrogens with zero attached hydrogens (tertiary/aromatic N) is 2. The fourth-order valence-electron chi connectivity index (χ4n) is 3.23. The Morgan fingerprint density at radius 1 is 0.913 bits per heavy atom. The monoisotopic (exact) mass is 305 g/mol. The van der Waals surface area contributed by atoms with E-state index in [9.17, 15) is 0 Å². The zero-order chi connectivity index (χ0) is 16.6. The molecule has 0 N–H and O–H groups in total. The number of hydrogen-bond acceptors (Lipinski definition) is 0. The molecule has 0 aliphatic rings. The minimum absolute atomic E-state index is 0.153. The Kier molecular flexibility index (Phi) is 3.85. The van der Waals surface area contributed by atoms with Crippen LogP contribution in [-0.4, -0.2) is 4.57 Å². The van der Waals surface area contributed by atoms with Gasteiger partial charge >= 0.3 is 0 Å². The average Bonchev–Trinajstić information content (AvgIpc) is 2.89. The molecule has 118 valence electrons. The summed E-state index contributed by atoms with van der Waals surface area (Å²) in [5.41, 5.74) is 6.63. The molecule has 2 heteroatoms. The lowest BCUT2D eigenvalue weighted by molar-refractivity contribution is -0.659. The molecule has 1 heterocycles. The van der Waals surface area contributed by atoms with Gasteiger partial charge in [0.1, 0.15) is 11.9 Å². The van der Waals surface area contributed by atoms with Crippen LogP contribution in [0.5, 0.6) is 0 Å². The lowest BCUT2D eigenvalue weighted by Crippen LogP contribution is -2.28. The first-order chi connectivity index (χ1) is 10.9. The molecule has 23 heavy (non-hydrogen) atoms. The van der Waals surface area contributed by atoms with Gasteiger partial charge in [0, 0.05) is 5.56 Å². The SMILES string of the molecule is Cc1c(-c2cn(-c3ccccc3)c[n+]2C)cccc1C(C)(C)C. The van der Waals surface area contributed by atoms with Crippen molar-refractivity contribution in [2.75, 3.05) is 0 Å². The van der Waals surface area contributed by atoms with Crippen molar-refractivity contribution in [3.8, 4) is 16.9 Å². The van der Waals surface area contributed by atoms with E-state index >= 15 is 0 Å². The summed E-state index contributed by atoms with van der Waals surface area (Å²) in [4.78, 5) is 0. The van der Waals surface area contributed by atoms with Crippen LogP contribution in [0.4, 0.5) is 0 Å². The van der Waals surface area contributed by atoms with Crippen LogP contribution >= 0.6 is 0 Å². The highest BCUT2D eigenvalue weighted by Crippen LogP contribution is 2.31. The van der Waals surface area contributed by atoms with E-state index in [-0.39, 0.29) is 5.41 Å². The Morgan fingerprint density at radius 2 is 1.61 bits per heavy atom. The van der Waals surface area contributed by atoms with Gasteiger partial charge < -0.3 is 0 Å². The minimum atomic E-state index is 0.153. The standard InChI is InChI=1S/C21H25N2/c1-16-18(12-9-13-19(16)21(2,3)4)20-14-23(15-22(20)5)17-10-7-6-8-11-17/h6-15H,1-5H3/q+1. The van der Waals surface area contributed by atoms with E-state index < -0.39 is 0 Å². The fourth-order valence-corrected chi connectivity index (χ4v) is 3.23. The van der Waals surface area contributed by atoms with E-state index in [1.54, 1.807) is 0 Å². The van der Waals surface area contributed by atoms with E-state index in [4.69, 9.17) is 0 Å². The van der Waals surface area contributed by atoms with E-state index in [1.165, 1.54) is 28.1 Å². The molecule has 0 aliphatic heterocycles. The molecule has 3 rings (SSSR count). The summed E-state index contributed by atoms with van der Waals surface area (Å²) >= 11 is 0. The number of hydrogen-bond donors (Lipinski definition) is 0. The molecule has 0 fully saturated rings. The minimum Gasteiger partial charge on any atom is -0.232 e. The second-order valence-corrected chi connectivity index (χ2v) is 7.21. The Morgan fingerprint density at radius 3 is 2.26 bits per heavy atom. The average molecular weight is 305 g/mol. The second kappa shape index (κ2) is 5.69. The van der Waals surface area contributed by atoms with Gasteiger partial charge in [-0.1, -0.05) is 57.2 Å². The van der Waals surface area contributed by atoms with Crippen LogP contribution in [0.15, 0.2) is 61.1 Å². The number of benzene rings is 2. The molecule has 0 amide bonds. The largest absolute Gasteiger partial charge is 0.249 e. The smallest absolute Gasteiger partial charge is 0.232 e. The molecule has 0 atom stereocenters. The van der Waals surface area contributed by atoms with Crippen molar-refractivity contribution in [2.45, 2.75) is 33.1 Å². The zero-order valence-electron chi connectivity index (χ0n) is 14.7. The molecule has 2 aromatic carbocycles. The van der Waals surface area contributed by atoms with Gasteiger partial charge in [-0.15, -0.1) is 0 Å². The van der Waals surface area contributed by atoms with Crippen molar-refractivity contribution in [1.82, 2.24) is 4.57 Å². The Bertz CT molecular complexity index is 821. The van der Waals surface area contributed by atoms with Crippen LogP contribution in [0.3, 0.4) is 0 Å². The summed E-state index contributed by atoms with van der Waals surface area (Å²) in [6, 6.07) is 17.1. The zero-order valence-corrected chi connectivity index (χ0v) is 14.7. The quantitative estimate of drug-likeness (QED) is 0.613. The lowest BCUT2D eigenvalue weighted by Gasteiger charge is -2.22. The third kappa shape index (κ3) is 2.94. The molecule has 0 unspecified atom stereocenters. The number of aryl methyl sites for hydroxylation is 1. The number of para-hydroxylation sites is 1. The van der Waals surface area contributed by atoms with Crippen molar-refractivity contribution in [2.24, 2.45) is 7.05 Å². The first-order valence-electron chi connectivity index (χ1n) is 8.11. The highest BCUT2D eigenvalue weighted by atomic mass is 15.1. The Labute approximate surface area is 139 Å². The maximum absolute atomic E-state index is 2.27. The molecule has 0 radical (unpaired) electrons. The van der Waals surface area contributed by atoms with Crippen LogP contribution < -0.4 is 4.57 Å². The van der Waals surface area contributed by atoms with Crippen LogP contribution in [0, 0.1) is 6.92 Å². The molecule has 0 aliphatic carbocycles. The van der Waals surface area contributed by atoms with Gasteiger partial charge in [-0.25, -0.2) is 9.13 Å². The van der Waals surface area contributed by atoms with Crippen LogP contribution in [0.2, 0.25) is 0 Å². The molecular weight excluding hydrogens is 280 g/mol. The molecule has 2 nitrogen and oxygen atoms in total. The van der Waals surface area contributed by atoms with Gasteiger partial charge in [-0.2, -0.15) is 0 Å². The van der Waals surface area contributed by atoms with Crippen molar-refractivity contribution in [3.63, 3.8) is 0 Å². The van der Waals surface area contributed by atoms with Gasteiger partial charge in [-0.05, 0) is 35.6 Å². The molecule has 1 aromatic heterocycles. The maximum atomic E-state index is 2.27. The van der Waals surface area contributed by atoms with Crippen LogP contribution in [-0.2, 0) is 12.5 Å². The summed E-state index contributed by atoms with van der Waals surface area (Å²) in [7, 11) is 2.11. The number of imidazole rings is 1. The molecule has 0 saturated carbocycles. The predicted molar refractivity (Wildman–Crippen MR) is 95.8 cm³/mol. The Hall–Kier alpha value is -2.35. The van der Waals surface area contributed by atoms with E-state index in [1.807, 2.05) is 6.07 Å². The third-order valence-corrected chi connectivity index (χ3v) is 4.41. The molecule has 0 bridgehead atoms. The molecular formula is C21H25N2+. The highest BCUT2D eigenvalue weighted by molar-refractivity contribution is 5.63. The highest BCUT2D eigenvalue weighted by Gasteiger charge is 2.21. The number of rotatable bonds is 2. The van der Waals surface area contributed by atoms with Gasteiger partial charge in [-0.3, -0.25) is 0 Å². The molecule has 0 saturated heterocycles. The van der Waals surface area contributed by atoms with Crippen LogP contribution in [0.1, 0.15) is 31.9 Å². The van der Waals surface area contributed by atoms with E-state index in [2.05, 4.69) is 98.9 Å². The fraction of sp³-hybridized carbons (Fsp3) is 0.286. The molecule has 3 aromatic rings. The third-order valence-electron chi connectivity index (χ3n) is 4.41. The maximum Gasteiger partial charge on any atom is 0.249 e. The summed E-state index contributed by atoms with van der Waals surface area (Å²) in [5.74, 6) is 0. The summed E-state index contributed by atoms with van der Waals surface area (Å²) in [5, 5.41) is 0. The van der Waals surface area contributed by atoms with Crippen molar-refractivity contribution >= 4 is 0 Å². The van der Waals surface area contributed by atoms with Gasteiger partial charge in [0.15, 0.2) is 5.69 Å². The number of aromatic nitrogens is 2. The summed E-state index contributed by atoms with van der Waals surface area (Å²) in [6.45, 7) is 9.05. The van der Waals surface area contributed by atoms with Crippen molar-refractivity contribution in [1.29, 1.82) is 0 Å². The van der Waals surface area contributed by atoms with Gasteiger partial charge in [0.25, 0.3) is 0 Å². The van der Waals surface area contributed by atoms with Crippen LogP contribution in [0.25, 0.3) is 16.9 Å². The lowest BCUT2D eigenvalue weighted by atomic mass is 9.82. The first-order valence-corrected chi connectivity index (χ1v) is 8.11. The van der Waals surface area contributed by atoms with Gasteiger partial charge in [0.2, 0.25) is 6.33 Å². The van der Waals surface area contributed by atoms with E-state index in [0.717, 1.165) is 0 Å². The van der Waals surface area contributed by atoms with E-state index in [0.29, 0.717) is 0 Å². The summed E-state index contributed by atoms with van der Waals surface area (Å²) < 4.78 is 4.38. The first kappa shape index (κ1) is 15.5.